The molecule has 0 radical (unpaired) electrons. The third kappa shape index (κ3) is 4.33. The summed E-state index contributed by atoms with van der Waals surface area (Å²) in [7, 11) is 0. The van der Waals surface area contributed by atoms with E-state index >= 15 is 0 Å². The number of esters is 1. The van der Waals surface area contributed by atoms with Crippen molar-refractivity contribution >= 4 is 46.6 Å². The quantitative estimate of drug-likeness (QED) is 0.836. The molecule has 5 nitrogen and oxygen atoms in total. The third-order valence-corrected chi connectivity index (χ3v) is 4.40. The Labute approximate surface area is 131 Å². The van der Waals surface area contributed by atoms with E-state index in [1.54, 1.807) is 0 Å². The lowest BCUT2D eigenvalue weighted by Crippen LogP contribution is -2.47. The zero-order valence-electron chi connectivity index (χ0n) is 11.6. The summed E-state index contributed by atoms with van der Waals surface area (Å²) in [6.07, 6.45) is -0.183. The van der Waals surface area contributed by atoms with Gasteiger partial charge in [-0.2, -0.15) is 4.37 Å². The molecule has 0 unspecified atom stereocenters. The highest BCUT2D eigenvalue weighted by molar-refractivity contribution is 7.11. The lowest BCUT2D eigenvalue weighted by Gasteiger charge is -2.26. The number of ether oxygens (including phenoxy) is 1. The molecule has 1 aromatic rings. The summed E-state index contributed by atoms with van der Waals surface area (Å²) in [5.74, 6) is -1.14. The molecule has 1 heterocycles. The number of carbonyl (C=O) groups excluding carboxylic acids is 2. The van der Waals surface area contributed by atoms with Gasteiger partial charge >= 0.3 is 5.97 Å². The minimum atomic E-state index is -0.940. The molecule has 0 bridgehead atoms. The van der Waals surface area contributed by atoms with Crippen LogP contribution < -0.4 is 5.32 Å². The predicted molar refractivity (Wildman–Crippen MR) is 79.5 cm³/mol. The van der Waals surface area contributed by atoms with Gasteiger partial charge in [-0.05, 0) is 38.7 Å². The van der Waals surface area contributed by atoms with Gasteiger partial charge in [-0.1, -0.05) is 30.1 Å². The zero-order chi connectivity index (χ0) is 15.5. The Morgan fingerprint density at radius 1 is 1.45 bits per heavy atom. The van der Waals surface area contributed by atoms with Gasteiger partial charge in [-0.3, -0.25) is 4.79 Å². The minimum absolute atomic E-state index is 0.0446. The van der Waals surface area contributed by atoms with Crippen LogP contribution in [-0.2, 0) is 9.53 Å². The Morgan fingerprint density at radius 3 is 2.50 bits per heavy atom. The van der Waals surface area contributed by atoms with Gasteiger partial charge in [-0.25, -0.2) is 4.79 Å². The largest absolute Gasteiger partial charge is 0.448 e. The molecule has 1 amide bonds. The molecule has 0 aliphatic carbocycles. The van der Waals surface area contributed by atoms with E-state index in [9.17, 15) is 9.59 Å². The van der Waals surface area contributed by atoms with Crippen molar-refractivity contribution in [3.63, 3.8) is 0 Å². The first-order valence-corrected chi connectivity index (χ1v) is 7.54. The highest BCUT2D eigenvalue weighted by Crippen LogP contribution is 2.29. The summed E-state index contributed by atoms with van der Waals surface area (Å²) >= 11 is 12.4. The molecule has 20 heavy (non-hydrogen) atoms. The van der Waals surface area contributed by atoms with E-state index in [0.717, 1.165) is 18.0 Å². The van der Waals surface area contributed by atoms with Crippen LogP contribution in [0.3, 0.4) is 0 Å². The van der Waals surface area contributed by atoms with Crippen molar-refractivity contribution in [2.24, 2.45) is 0 Å². The second kappa shape index (κ2) is 6.74. The number of amides is 1. The first-order valence-electron chi connectivity index (χ1n) is 6.01. The molecule has 0 aromatic carbocycles. The Balaban J connectivity index is 2.66. The topological polar surface area (TPSA) is 68.3 Å². The molecule has 112 valence electrons. The maximum atomic E-state index is 11.9. The van der Waals surface area contributed by atoms with Gasteiger partial charge in [0.1, 0.15) is 9.36 Å². The number of aromatic nitrogens is 1. The molecule has 1 N–H and O–H groups in total. The van der Waals surface area contributed by atoms with Crippen molar-refractivity contribution in [3.8, 4) is 0 Å². The van der Waals surface area contributed by atoms with E-state index in [4.69, 9.17) is 27.9 Å². The van der Waals surface area contributed by atoms with Crippen LogP contribution in [0.25, 0.3) is 0 Å². The Hall–Kier alpha value is -0.850. The SMILES string of the molecule is CCC(C)(C)NC(=O)[C@H](C)OC(=O)c1nsc(Cl)c1Cl. The van der Waals surface area contributed by atoms with Crippen molar-refractivity contribution in [3.05, 3.63) is 15.1 Å². The molecule has 1 atom stereocenters. The fraction of sp³-hybridized carbons (Fsp3) is 0.583. The molecule has 0 fully saturated rings. The second-order valence-corrected chi connectivity index (χ2v) is 6.65. The van der Waals surface area contributed by atoms with E-state index in [2.05, 4.69) is 9.69 Å². The normalized spacial score (nSPS) is 12.9. The lowest BCUT2D eigenvalue weighted by molar-refractivity contribution is -0.130. The minimum Gasteiger partial charge on any atom is -0.448 e. The van der Waals surface area contributed by atoms with E-state index in [-0.39, 0.29) is 26.5 Å². The average Bonchev–Trinajstić information content (AvgIpc) is 2.69. The number of hydrogen-bond acceptors (Lipinski definition) is 5. The fourth-order valence-corrected chi connectivity index (χ4v) is 2.16. The van der Waals surface area contributed by atoms with Gasteiger partial charge in [0.25, 0.3) is 5.91 Å². The maximum Gasteiger partial charge on any atom is 0.360 e. The Kier molecular flexibility index (Phi) is 5.79. The molecular weight excluding hydrogens is 323 g/mol. The van der Waals surface area contributed by atoms with E-state index in [1.807, 2.05) is 20.8 Å². The van der Waals surface area contributed by atoms with Crippen LogP contribution in [0.4, 0.5) is 0 Å². The third-order valence-electron chi connectivity index (χ3n) is 2.79. The van der Waals surface area contributed by atoms with Gasteiger partial charge < -0.3 is 10.1 Å². The number of halogens is 2. The summed E-state index contributed by atoms with van der Waals surface area (Å²) in [5, 5.41) is 2.83. The van der Waals surface area contributed by atoms with Gasteiger partial charge in [0.05, 0.1) is 0 Å². The highest BCUT2D eigenvalue weighted by Gasteiger charge is 2.27. The first-order chi connectivity index (χ1) is 9.18. The summed E-state index contributed by atoms with van der Waals surface area (Å²) in [6, 6.07) is 0. The molecular formula is C12H16Cl2N2O3S. The zero-order valence-corrected chi connectivity index (χ0v) is 13.9. The first kappa shape index (κ1) is 17.2. The second-order valence-electron chi connectivity index (χ2n) is 4.89. The van der Waals surface area contributed by atoms with Crippen LogP contribution in [0.1, 0.15) is 44.6 Å². The number of nitrogens with one attached hydrogen (secondary N) is 1. The summed E-state index contributed by atoms with van der Waals surface area (Å²) < 4.78 is 9.03. The number of nitrogens with zero attached hydrogens (tertiary/aromatic N) is 1. The molecule has 0 aliphatic rings. The molecule has 8 heteroatoms. The van der Waals surface area contributed by atoms with Gasteiger partial charge in [0.2, 0.25) is 0 Å². The monoisotopic (exact) mass is 338 g/mol. The lowest BCUT2D eigenvalue weighted by atomic mass is 10.0. The molecule has 0 aliphatic heterocycles. The number of carbonyl (C=O) groups is 2. The standard InChI is InChI=1S/C12H16Cl2N2O3S/c1-5-12(3,4)15-10(17)6(2)19-11(18)8-7(13)9(14)20-16-8/h6H,5H2,1-4H3,(H,15,17)/t6-/m0/s1. The summed E-state index contributed by atoms with van der Waals surface area (Å²) in [5.41, 5.74) is -0.435. The van der Waals surface area contributed by atoms with Crippen LogP contribution in [0.2, 0.25) is 9.36 Å². The van der Waals surface area contributed by atoms with Crippen molar-refractivity contribution in [2.75, 3.05) is 0 Å². The molecule has 1 rings (SSSR count). The molecule has 0 spiro atoms. The van der Waals surface area contributed by atoms with Crippen LogP contribution in [-0.4, -0.2) is 27.9 Å². The molecule has 0 saturated heterocycles. The fourth-order valence-electron chi connectivity index (χ4n) is 1.18. The smallest absolute Gasteiger partial charge is 0.360 e. The predicted octanol–water partition coefficient (Wildman–Crippen LogP) is 3.30. The van der Waals surface area contributed by atoms with E-state index in [0.29, 0.717) is 0 Å². The summed E-state index contributed by atoms with van der Waals surface area (Å²) in [6.45, 7) is 7.21. The number of rotatable bonds is 5. The van der Waals surface area contributed by atoms with E-state index in [1.165, 1.54) is 6.92 Å². The molecule has 0 saturated carbocycles. The average molecular weight is 339 g/mol. The van der Waals surface area contributed by atoms with Crippen molar-refractivity contribution in [2.45, 2.75) is 45.8 Å². The van der Waals surface area contributed by atoms with Gasteiger partial charge in [-0.15, -0.1) is 0 Å². The Morgan fingerprint density at radius 2 is 2.05 bits per heavy atom. The maximum absolute atomic E-state index is 11.9. The van der Waals surface area contributed by atoms with Crippen LogP contribution in [0, 0.1) is 0 Å². The van der Waals surface area contributed by atoms with Crippen molar-refractivity contribution in [1.29, 1.82) is 0 Å². The van der Waals surface area contributed by atoms with Crippen LogP contribution >= 0.6 is 34.7 Å². The number of hydrogen-bond donors (Lipinski definition) is 1. The van der Waals surface area contributed by atoms with Gasteiger partial charge in [0, 0.05) is 5.54 Å². The van der Waals surface area contributed by atoms with Gasteiger partial charge in [0.15, 0.2) is 11.8 Å². The van der Waals surface area contributed by atoms with E-state index < -0.39 is 12.1 Å². The van der Waals surface area contributed by atoms with Crippen molar-refractivity contribution in [1.82, 2.24) is 9.69 Å². The molecule has 1 aromatic heterocycles. The van der Waals surface area contributed by atoms with Crippen LogP contribution in [0.5, 0.6) is 0 Å². The summed E-state index contributed by atoms with van der Waals surface area (Å²) in [4.78, 5) is 23.7. The van der Waals surface area contributed by atoms with Crippen LogP contribution in [0.15, 0.2) is 0 Å². The highest BCUT2D eigenvalue weighted by atomic mass is 35.5. The van der Waals surface area contributed by atoms with Crippen molar-refractivity contribution < 1.29 is 14.3 Å². The Bertz CT molecular complexity index is 517.